The number of rotatable bonds is 7. The molecular weight excluding hydrogens is 309 g/mol. The fraction of sp³-hybridized carbons (Fsp3) is 0.611. The summed E-state index contributed by atoms with van der Waals surface area (Å²) in [7, 11) is 0. The number of amides is 2. The zero-order valence-corrected chi connectivity index (χ0v) is 14.5. The molecule has 1 saturated heterocycles. The standard InChI is InChI=1S/C18H28FN3O2/c1-13(2)10-22-6-5-15(11-22)9-21-18(24)20-8-14-3-4-17(19)16(7-14)12-23/h3-4,7,13,15,23H,5-6,8-12H2,1-2H3,(H2,20,21,24). The molecule has 2 rings (SSSR count). The molecule has 24 heavy (non-hydrogen) atoms. The van der Waals surface area contributed by atoms with E-state index in [4.69, 9.17) is 5.11 Å². The van der Waals surface area contributed by atoms with E-state index in [0.29, 0.717) is 24.9 Å². The van der Waals surface area contributed by atoms with E-state index in [0.717, 1.165) is 31.6 Å². The molecule has 0 aliphatic carbocycles. The molecule has 1 aromatic carbocycles. The Morgan fingerprint density at radius 1 is 1.42 bits per heavy atom. The number of urea groups is 1. The van der Waals surface area contributed by atoms with Crippen LogP contribution in [0, 0.1) is 17.7 Å². The van der Waals surface area contributed by atoms with E-state index in [2.05, 4.69) is 29.4 Å². The maximum Gasteiger partial charge on any atom is 0.315 e. The van der Waals surface area contributed by atoms with Crippen LogP contribution in [0.4, 0.5) is 9.18 Å². The highest BCUT2D eigenvalue weighted by Gasteiger charge is 2.22. The Kier molecular flexibility index (Phi) is 6.99. The minimum Gasteiger partial charge on any atom is -0.392 e. The fourth-order valence-electron chi connectivity index (χ4n) is 3.10. The van der Waals surface area contributed by atoms with E-state index in [9.17, 15) is 9.18 Å². The van der Waals surface area contributed by atoms with Gasteiger partial charge in [0.25, 0.3) is 0 Å². The molecule has 0 radical (unpaired) electrons. The molecule has 0 aromatic heterocycles. The molecule has 1 aromatic rings. The van der Waals surface area contributed by atoms with E-state index in [1.165, 1.54) is 6.07 Å². The summed E-state index contributed by atoms with van der Waals surface area (Å²) < 4.78 is 13.3. The van der Waals surface area contributed by atoms with Crippen LogP contribution in [0.25, 0.3) is 0 Å². The molecule has 0 bridgehead atoms. The third-order valence-electron chi connectivity index (χ3n) is 4.28. The van der Waals surface area contributed by atoms with Gasteiger partial charge in [0, 0.05) is 31.7 Å². The lowest BCUT2D eigenvalue weighted by Crippen LogP contribution is -2.38. The number of nitrogens with one attached hydrogen (secondary N) is 2. The van der Waals surface area contributed by atoms with Crippen molar-refractivity contribution in [1.82, 2.24) is 15.5 Å². The third-order valence-corrected chi connectivity index (χ3v) is 4.28. The predicted molar refractivity (Wildman–Crippen MR) is 91.9 cm³/mol. The summed E-state index contributed by atoms with van der Waals surface area (Å²) in [4.78, 5) is 14.3. The Hall–Kier alpha value is -1.66. The van der Waals surface area contributed by atoms with Crippen molar-refractivity contribution < 1.29 is 14.3 Å². The maximum absolute atomic E-state index is 13.3. The lowest BCUT2D eigenvalue weighted by atomic mass is 10.1. The summed E-state index contributed by atoms with van der Waals surface area (Å²) in [5.74, 6) is 0.735. The molecule has 0 spiro atoms. The minimum absolute atomic E-state index is 0.216. The van der Waals surface area contributed by atoms with Crippen LogP contribution in [-0.4, -0.2) is 42.2 Å². The van der Waals surface area contributed by atoms with Crippen LogP contribution >= 0.6 is 0 Å². The van der Waals surface area contributed by atoms with Gasteiger partial charge in [-0.15, -0.1) is 0 Å². The molecule has 1 heterocycles. The van der Waals surface area contributed by atoms with Gasteiger partial charge in [-0.1, -0.05) is 19.9 Å². The number of aliphatic hydroxyl groups excluding tert-OH is 1. The molecule has 2 amide bonds. The second-order valence-corrected chi connectivity index (χ2v) is 6.96. The van der Waals surface area contributed by atoms with Crippen LogP contribution in [0.5, 0.6) is 0 Å². The van der Waals surface area contributed by atoms with Crippen molar-refractivity contribution in [2.24, 2.45) is 11.8 Å². The minimum atomic E-state index is -0.433. The average molecular weight is 337 g/mol. The van der Waals surface area contributed by atoms with Gasteiger partial charge in [-0.2, -0.15) is 0 Å². The van der Waals surface area contributed by atoms with Gasteiger partial charge in [-0.25, -0.2) is 9.18 Å². The van der Waals surface area contributed by atoms with Gasteiger partial charge in [-0.05, 0) is 42.5 Å². The zero-order valence-electron chi connectivity index (χ0n) is 14.5. The number of benzene rings is 1. The number of nitrogens with zero attached hydrogens (tertiary/aromatic N) is 1. The first-order chi connectivity index (χ1) is 11.5. The van der Waals surface area contributed by atoms with Crippen molar-refractivity contribution in [2.45, 2.75) is 33.4 Å². The third kappa shape index (κ3) is 5.76. The largest absolute Gasteiger partial charge is 0.392 e. The lowest BCUT2D eigenvalue weighted by Gasteiger charge is -2.18. The molecule has 1 aliphatic rings. The number of likely N-dealkylation sites (tertiary alicyclic amines) is 1. The van der Waals surface area contributed by atoms with E-state index < -0.39 is 5.82 Å². The highest BCUT2D eigenvalue weighted by atomic mass is 19.1. The number of halogens is 1. The van der Waals surface area contributed by atoms with Crippen molar-refractivity contribution in [3.63, 3.8) is 0 Å². The SMILES string of the molecule is CC(C)CN1CCC(CNC(=O)NCc2ccc(F)c(CO)c2)C1. The highest BCUT2D eigenvalue weighted by molar-refractivity contribution is 5.73. The maximum atomic E-state index is 13.3. The Morgan fingerprint density at radius 3 is 2.92 bits per heavy atom. The number of carbonyl (C=O) groups excluding carboxylic acids is 1. The van der Waals surface area contributed by atoms with Gasteiger partial charge in [-0.3, -0.25) is 0 Å². The highest BCUT2D eigenvalue weighted by Crippen LogP contribution is 2.16. The van der Waals surface area contributed by atoms with Crippen LogP contribution in [0.1, 0.15) is 31.4 Å². The van der Waals surface area contributed by atoms with E-state index in [1.54, 1.807) is 12.1 Å². The number of carbonyl (C=O) groups is 1. The van der Waals surface area contributed by atoms with Crippen LogP contribution in [0.2, 0.25) is 0 Å². The molecule has 3 N–H and O–H groups in total. The quantitative estimate of drug-likeness (QED) is 0.714. The zero-order chi connectivity index (χ0) is 17.5. The second-order valence-electron chi connectivity index (χ2n) is 6.96. The molecular formula is C18H28FN3O2. The Labute approximate surface area is 143 Å². The summed E-state index contributed by atoms with van der Waals surface area (Å²) in [5.41, 5.74) is 1.01. The topological polar surface area (TPSA) is 64.6 Å². The van der Waals surface area contributed by atoms with E-state index in [1.807, 2.05) is 0 Å². The number of aliphatic hydroxyl groups is 1. The molecule has 6 heteroatoms. The van der Waals surface area contributed by atoms with Gasteiger partial charge in [0.05, 0.1) is 6.61 Å². The first-order valence-electron chi connectivity index (χ1n) is 8.60. The molecule has 1 fully saturated rings. The van der Waals surface area contributed by atoms with Gasteiger partial charge >= 0.3 is 6.03 Å². The lowest BCUT2D eigenvalue weighted by molar-refractivity contribution is 0.237. The van der Waals surface area contributed by atoms with Crippen molar-refractivity contribution in [3.05, 3.63) is 35.1 Å². The van der Waals surface area contributed by atoms with Crippen LogP contribution in [-0.2, 0) is 13.2 Å². The molecule has 134 valence electrons. The monoisotopic (exact) mass is 337 g/mol. The summed E-state index contributed by atoms with van der Waals surface area (Å²) >= 11 is 0. The van der Waals surface area contributed by atoms with E-state index in [-0.39, 0.29) is 18.2 Å². The Morgan fingerprint density at radius 2 is 2.21 bits per heavy atom. The molecule has 1 atom stereocenters. The summed E-state index contributed by atoms with van der Waals surface area (Å²) in [6, 6.07) is 4.26. The average Bonchev–Trinajstić information content (AvgIpc) is 2.98. The predicted octanol–water partition coefficient (Wildman–Crippen LogP) is 2.10. The van der Waals surface area contributed by atoms with Gasteiger partial charge in [0.2, 0.25) is 0 Å². The first kappa shape index (κ1) is 18.7. The summed E-state index contributed by atoms with van der Waals surface area (Å²) in [5, 5.41) is 14.7. The molecule has 1 unspecified atom stereocenters. The van der Waals surface area contributed by atoms with E-state index >= 15 is 0 Å². The smallest absolute Gasteiger partial charge is 0.315 e. The molecule has 0 saturated carbocycles. The fourth-order valence-corrected chi connectivity index (χ4v) is 3.10. The Balaban J connectivity index is 1.69. The van der Waals surface area contributed by atoms with Crippen LogP contribution < -0.4 is 10.6 Å². The number of hydrogen-bond acceptors (Lipinski definition) is 3. The van der Waals surface area contributed by atoms with Crippen molar-refractivity contribution in [1.29, 1.82) is 0 Å². The van der Waals surface area contributed by atoms with Gasteiger partial charge < -0.3 is 20.6 Å². The summed E-state index contributed by atoms with van der Waals surface area (Å²) in [6.07, 6.45) is 1.12. The first-order valence-corrected chi connectivity index (χ1v) is 8.60. The van der Waals surface area contributed by atoms with Crippen molar-refractivity contribution >= 4 is 6.03 Å². The summed E-state index contributed by atoms with van der Waals surface area (Å²) in [6.45, 7) is 8.32. The second kappa shape index (κ2) is 8.99. The Bertz CT molecular complexity index is 551. The molecule has 5 nitrogen and oxygen atoms in total. The van der Waals surface area contributed by atoms with Crippen molar-refractivity contribution in [3.8, 4) is 0 Å². The van der Waals surface area contributed by atoms with Crippen molar-refractivity contribution in [2.75, 3.05) is 26.2 Å². The molecule has 1 aliphatic heterocycles. The van der Waals surface area contributed by atoms with Crippen LogP contribution in [0.15, 0.2) is 18.2 Å². The normalized spacial score (nSPS) is 18.1. The number of hydrogen-bond donors (Lipinski definition) is 3. The van der Waals surface area contributed by atoms with Gasteiger partial charge in [0.1, 0.15) is 5.82 Å². The van der Waals surface area contributed by atoms with Crippen LogP contribution in [0.3, 0.4) is 0 Å². The van der Waals surface area contributed by atoms with Gasteiger partial charge in [0.15, 0.2) is 0 Å².